The van der Waals surface area contributed by atoms with E-state index in [4.69, 9.17) is 4.63 Å². The van der Waals surface area contributed by atoms with Crippen molar-refractivity contribution in [3.63, 3.8) is 0 Å². The van der Waals surface area contributed by atoms with Gasteiger partial charge in [0.05, 0.1) is 17.2 Å². The first-order chi connectivity index (χ1) is 18.8. The van der Waals surface area contributed by atoms with Crippen molar-refractivity contribution in [1.29, 1.82) is 0 Å². The summed E-state index contributed by atoms with van der Waals surface area (Å²) in [6, 6.07) is 0. The van der Waals surface area contributed by atoms with E-state index in [1.165, 1.54) is 78.5 Å². The van der Waals surface area contributed by atoms with Crippen LogP contribution in [-0.4, -0.2) is 34.1 Å². The third-order valence-corrected chi connectivity index (χ3v) is 9.53. The predicted molar refractivity (Wildman–Crippen MR) is 165 cm³/mol. The lowest BCUT2D eigenvalue weighted by molar-refractivity contribution is 0.315. The SMILES string of the molecule is Cc1c(C)c(C)c2c(nnn2C)c1C.Cc1c(C)c(C)c2nonc2c1C.Cc1c(C)c(C)c2nsnc2c1C. The first-order valence-electron chi connectivity index (χ1n) is 13.4. The van der Waals surface area contributed by atoms with Crippen LogP contribution in [0.5, 0.6) is 0 Å². The molecule has 6 rings (SSSR count). The molecular formula is C31H39N7OS. The van der Waals surface area contributed by atoms with Crippen molar-refractivity contribution in [2.24, 2.45) is 7.05 Å². The first kappa shape index (κ1) is 29.3. The molecule has 3 aromatic carbocycles. The van der Waals surface area contributed by atoms with Crippen molar-refractivity contribution in [3.8, 4) is 0 Å². The lowest BCUT2D eigenvalue weighted by Crippen LogP contribution is -1.97. The minimum atomic E-state index is 0.889. The average Bonchev–Trinajstić information content (AvgIpc) is 3.71. The topological polar surface area (TPSA) is 95.4 Å². The van der Waals surface area contributed by atoms with E-state index >= 15 is 0 Å². The molecule has 6 aromatic rings. The lowest BCUT2D eigenvalue weighted by atomic mass is 9.97. The molecule has 0 unspecified atom stereocenters. The summed E-state index contributed by atoms with van der Waals surface area (Å²) >= 11 is 1.30. The second-order valence-electron chi connectivity index (χ2n) is 10.8. The molecule has 0 radical (unpaired) electrons. The van der Waals surface area contributed by atoms with Gasteiger partial charge in [0.25, 0.3) is 0 Å². The molecule has 9 heteroatoms. The van der Waals surface area contributed by atoms with Crippen molar-refractivity contribution in [1.82, 2.24) is 34.1 Å². The zero-order chi connectivity index (χ0) is 29.6. The van der Waals surface area contributed by atoms with Crippen LogP contribution in [0.1, 0.15) is 66.8 Å². The van der Waals surface area contributed by atoms with Gasteiger partial charge in [0.15, 0.2) is 0 Å². The van der Waals surface area contributed by atoms with Gasteiger partial charge in [0.2, 0.25) is 0 Å². The van der Waals surface area contributed by atoms with Gasteiger partial charge in [0, 0.05) is 7.05 Å². The molecule has 0 aliphatic heterocycles. The fourth-order valence-electron chi connectivity index (χ4n) is 5.14. The highest BCUT2D eigenvalue weighted by atomic mass is 32.1. The molecule has 210 valence electrons. The summed E-state index contributed by atoms with van der Waals surface area (Å²) in [6.45, 7) is 25.4. The Morgan fingerprint density at radius 2 is 0.800 bits per heavy atom. The molecule has 0 amide bonds. The minimum absolute atomic E-state index is 0.889. The van der Waals surface area contributed by atoms with Gasteiger partial charge >= 0.3 is 0 Å². The van der Waals surface area contributed by atoms with Crippen LogP contribution in [0.4, 0.5) is 0 Å². The molecule has 0 aliphatic rings. The Hall–Kier alpha value is -3.72. The van der Waals surface area contributed by atoms with Crippen molar-refractivity contribution < 1.29 is 4.63 Å². The number of hydrogen-bond acceptors (Lipinski definition) is 8. The largest absolute Gasteiger partial charge is 0.247 e. The monoisotopic (exact) mass is 557 g/mol. The molecule has 0 atom stereocenters. The molecule has 40 heavy (non-hydrogen) atoms. The highest BCUT2D eigenvalue weighted by Crippen LogP contribution is 2.28. The molecule has 3 heterocycles. The van der Waals surface area contributed by atoms with Crippen molar-refractivity contribution in [3.05, 3.63) is 66.8 Å². The van der Waals surface area contributed by atoms with E-state index < -0.39 is 0 Å². The maximum Gasteiger partial charge on any atom is 0.138 e. The average molecular weight is 558 g/mol. The Morgan fingerprint density at radius 1 is 0.450 bits per heavy atom. The molecule has 0 fully saturated rings. The maximum absolute atomic E-state index is 4.74. The number of hydrogen-bond donors (Lipinski definition) is 0. The molecule has 8 nitrogen and oxygen atoms in total. The van der Waals surface area contributed by atoms with E-state index in [-0.39, 0.29) is 0 Å². The van der Waals surface area contributed by atoms with Gasteiger partial charge in [-0.3, -0.25) is 0 Å². The van der Waals surface area contributed by atoms with Gasteiger partial charge in [-0.25, -0.2) is 9.31 Å². The van der Waals surface area contributed by atoms with Gasteiger partial charge in [-0.2, -0.15) is 8.75 Å². The molecule has 0 bridgehead atoms. The Balaban J connectivity index is 0.000000139. The van der Waals surface area contributed by atoms with Crippen LogP contribution in [-0.2, 0) is 7.05 Å². The van der Waals surface area contributed by atoms with Crippen LogP contribution < -0.4 is 0 Å². The van der Waals surface area contributed by atoms with Gasteiger partial charge in [-0.1, -0.05) is 5.21 Å². The summed E-state index contributed by atoms with van der Waals surface area (Å²) in [6.07, 6.45) is 0. The highest BCUT2D eigenvalue weighted by molar-refractivity contribution is 7.00. The van der Waals surface area contributed by atoms with E-state index in [1.807, 2.05) is 25.6 Å². The van der Waals surface area contributed by atoms with Crippen LogP contribution in [0, 0.1) is 83.1 Å². The van der Waals surface area contributed by atoms with Crippen LogP contribution in [0.2, 0.25) is 0 Å². The molecule has 3 aromatic heterocycles. The Bertz CT molecular complexity index is 1720. The van der Waals surface area contributed by atoms with Crippen LogP contribution in [0.3, 0.4) is 0 Å². The highest BCUT2D eigenvalue weighted by Gasteiger charge is 2.14. The number of nitrogens with zero attached hydrogens (tertiary/aromatic N) is 7. The Kier molecular flexibility index (Phi) is 8.08. The molecule has 0 spiro atoms. The van der Waals surface area contributed by atoms with E-state index in [0.717, 1.165) is 33.1 Å². The van der Waals surface area contributed by atoms with Gasteiger partial charge in [-0.05, 0) is 160 Å². The molecule has 0 saturated carbocycles. The van der Waals surface area contributed by atoms with Crippen molar-refractivity contribution >= 4 is 44.8 Å². The minimum Gasteiger partial charge on any atom is -0.247 e. The fourth-order valence-corrected chi connectivity index (χ4v) is 5.80. The van der Waals surface area contributed by atoms with E-state index in [9.17, 15) is 0 Å². The number of rotatable bonds is 0. The fraction of sp³-hybridized carbons (Fsp3) is 0.419. The first-order valence-corrected chi connectivity index (χ1v) is 14.1. The van der Waals surface area contributed by atoms with Crippen molar-refractivity contribution in [2.45, 2.75) is 83.1 Å². The molecule has 0 saturated heterocycles. The number of aryl methyl sites for hydroxylation is 7. The standard InChI is InChI=1S/C11H15N3.C10H12N2O.C10H12N2S/c1-6-7(2)9(4)11-10(8(6)3)12-13-14(11)5;2*1-5-6(2)8(4)10-9(7(5)3)11-13-12-10/h1-5H3;2*1-4H3. The van der Waals surface area contributed by atoms with Crippen LogP contribution >= 0.6 is 11.7 Å². The molecular weight excluding hydrogens is 518 g/mol. The zero-order valence-electron chi connectivity index (χ0n) is 25.9. The second-order valence-corrected chi connectivity index (χ2v) is 11.4. The Morgan fingerprint density at radius 3 is 1.23 bits per heavy atom. The normalized spacial score (nSPS) is 11.1. The number of fused-ring (bicyclic) bond motifs is 3. The van der Waals surface area contributed by atoms with Crippen LogP contribution in [0.25, 0.3) is 33.1 Å². The summed E-state index contributed by atoms with van der Waals surface area (Å²) in [5.41, 5.74) is 21.5. The third kappa shape index (κ3) is 4.76. The summed E-state index contributed by atoms with van der Waals surface area (Å²) in [7, 11) is 1.94. The number of aromatic nitrogens is 7. The smallest absolute Gasteiger partial charge is 0.138 e. The van der Waals surface area contributed by atoms with Crippen LogP contribution in [0.15, 0.2) is 4.63 Å². The molecule has 0 N–H and O–H groups in total. The van der Waals surface area contributed by atoms with E-state index in [2.05, 4.69) is 98.6 Å². The van der Waals surface area contributed by atoms with Gasteiger partial charge in [0.1, 0.15) is 27.6 Å². The third-order valence-electron chi connectivity index (χ3n) is 9.00. The molecule has 0 aliphatic carbocycles. The van der Waals surface area contributed by atoms with E-state index in [1.54, 1.807) is 0 Å². The van der Waals surface area contributed by atoms with Gasteiger partial charge < -0.3 is 0 Å². The predicted octanol–water partition coefficient (Wildman–Crippen LogP) is 7.58. The lowest BCUT2D eigenvalue weighted by Gasteiger charge is -2.09. The van der Waals surface area contributed by atoms with E-state index in [0.29, 0.717) is 0 Å². The number of benzene rings is 3. The summed E-state index contributed by atoms with van der Waals surface area (Å²) in [5.74, 6) is 0. The zero-order valence-corrected chi connectivity index (χ0v) is 26.8. The second kappa shape index (κ2) is 11.0. The Labute approximate surface area is 240 Å². The summed E-state index contributed by atoms with van der Waals surface area (Å²) < 4.78 is 15.2. The summed E-state index contributed by atoms with van der Waals surface area (Å²) in [4.78, 5) is 0. The van der Waals surface area contributed by atoms with Crippen molar-refractivity contribution in [2.75, 3.05) is 0 Å². The van der Waals surface area contributed by atoms with Gasteiger partial charge in [-0.15, -0.1) is 5.10 Å². The maximum atomic E-state index is 4.74. The quantitative estimate of drug-likeness (QED) is 0.190. The summed E-state index contributed by atoms with van der Waals surface area (Å²) in [5, 5.41) is 16.0.